The van der Waals surface area contributed by atoms with E-state index < -0.39 is 0 Å². The molecule has 0 saturated carbocycles. The van der Waals surface area contributed by atoms with E-state index in [4.69, 9.17) is 21.1 Å². The second-order valence-corrected chi connectivity index (χ2v) is 15.6. The van der Waals surface area contributed by atoms with E-state index in [1.165, 1.54) is 38.5 Å². The van der Waals surface area contributed by atoms with Crippen molar-refractivity contribution in [2.75, 3.05) is 13.2 Å². The molecule has 40 heavy (non-hydrogen) atoms. The zero-order valence-corrected chi connectivity index (χ0v) is 28.6. The average molecular weight is 567 g/mol. The van der Waals surface area contributed by atoms with E-state index in [2.05, 4.69) is 79.4 Å². The fourth-order valence-electron chi connectivity index (χ4n) is 7.57. The predicted molar refractivity (Wildman–Crippen MR) is 171 cm³/mol. The number of rotatable bonds is 17. The van der Waals surface area contributed by atoms with Gasteiger partial charge in [-0.1, -0.05) is 65.2 Å². The van der Waals surface area contributed by atoms with Crippen molar-refractivity contribution < 1.29 is 9.68 Å². The summed E-state index contributed by atoms with van der Waals surface area (Å²) in [6.45, 7) is 24.5. The molecule has 2 heterocycles. The highest BCUT2D eigenvalue weighted by molar-refractivity contribution is 5.11. The quantitative estimate of drug-likeness (QED) is 0.173. The molecular weight excluding hydrogens is 496 g/mol. The molecule has 0 aromatic heterocycles. The molecule has 0 aliphatic carbocycles. The van der Waals surface area contributed by atoms with Gasteiger partial charge in [0.25, 0.3) is 0 Å². The number of hydrogen-bond acceptors (Lipinski definition) is 6. The molecule has 2 rings (SSSR count). The molecule has 6 nitrogen and oxygen atoms in total. The van der Waals surface area contributed by atoms with Crippen molar-refractivity contribution in [3.8, 4) is 0 Å². The summed E-state index contributed by atoms with van der Waals surface area (Å²) in [5.74, 6) is 0. The maximum Gasteiger partial charge on any atom is 0.0685 e. The fourth-order valence-corrected chi connectivity index (χ4v) is 7.57. The number of nitrogens with zero attached hydrogens (tertiary/aromatic N) is 2. The van der Waals surface area contributed by atoms with E-state index in [0.717, 1.165) is 77.4 Å². The Labute approximate surface area is 249 Å². The topological polar surface area (TPSA) is 77.0 Å². The van der Waals surface area contributed by atoms with Crippen molar-refractivity contribution in [1.29, 1.82) is 0 Å². The Kier molecular flexibility index (Phi) is 13.0. The Morgan fingerprint density at radius 3 is 1.18 bits per heavy atom. The summed E-state index contributed by atoms with van der Waals surface area (Å²) in [6.07, 6.45) is 18.1. The highest BCUT2D eigenvalue weighted by Crippen LogP contribution is 2.47. The number of hydrogen-bond donors (Lipinski definition) is 2. The minimum atomic E-state index is -0.241. The molecule has 2 aliphatic rings. The Morgan fingerprint density at radius 1 is 0.500 bits per heavy atom. The molecule has 0 spiro atoms. The first-order valence-electron chi connectivity index (χ1n) is 16.9. The average Bonchev–Trinajstić information content (AvgIpc) is 2.86. The van der Waals surface area contributed by atoms with Crippen LogP contribution in [0.5, 0.6) is 0 Å². The van der Waals surface area contributed by atoms with E-state index in [1.807, 2.05) is 0 Å². The largest absolute Gasteiger partial charge is 0.323 e. The molecule has 2 fully saturated rings. The number of hydroxylamine groups is 4. The summed E-state index contributed by atoms with van der Waals surface area (Å²) in [6, 6.07) is 0. The molecule has 6 heteroatoms. The van der Waals surface area contributed by atoms with E-state index in [9.17, 15) is 0 Å². The highest BCUT2D eigenvalue weighted by Gasteiger charge is 2.56. The molecule has 2 aliphatic heterocycles. The van der Waals surface area contributed by atoms with Gasteiger partial charge in [0.1, 0.15) is 0 Å². The van der Waals surface area contributed by atoms with Gasteiger partial charge in [0.15, 0.2) is 0 Å². The number of piperidine rings is 2. The molecule has 0 amide bonds. The zero-order chi connectivity index (χ0) is 30.3. The van der Waals surface area contributed by atoms with Gasteiger partial charge in [-0.15, -0.1) is 0 Å². The number of nitrogens with two attached hydrogens (primary N) is 2. The summed E-state index contributed by atoms with van der Waals surface area (Å²) in [7, 11) is 0. The van der Waals surface area contributed by atoms with Crippen LogP contribution in [-0.4, -0.2) is 56.6 Å². The third kappa shape index (κ3) is 8.23. The van der Waals surface area contributed by atoms with Crippen LogP contribution in [0.15, 0.2) is 0 Å². The lowest BCUT2D eigenvalue weighted by Crippen LogP contribution is -2.73. The molecule has 2 saturated heterocycles. The first-order valence-corrected chi connectivity index (χ1v) is 16.9. The second-order valence-electron chi connectivity index (χ2n) is 15.6. The molecule has 0 bridgehead atoms. The van der Waals surface area contributed by atoms with Gasteiger partial charge in [-0.2, -0.15) is 10.1 Å². The Hall–Kier alpha value is -0.240. The summed E-state index contributed by atoms with van der Waals surface area (Å²) >= 11 is 0. The summed E-state index contributed by atoms with van der Waals surface area (Å²) in [5.41, 5.74) is 13.5. The van der Waals surface area contributed by atoms with E-state index in [-0.39, 0.29) is 33.2 Å². The molecule has 2 atom stereocenters. The van der Waals surface area contributed by atoms with E-state index >= 15 is 0 Å². The maximum atomic E-state index is 7.21. The summed E-state index contributed by atoms with van der Waals surface area (Å²) < 4.78 is 0. The monoisotopic (exact) mass is 567 g/mol. The molecule has 0 aromatic carbocycles. The standard InChI is InChI=1S/C34H70N4O2/c1-11-13-19-27-39-37-29(3,4)23-25-33(35,31(37,7)8)21-17-15-16-18-22-34(36)26-24-30(5,6)38(32(34,9)10)40-28-20-14-12-2/h11-28,35-36H2,1-10H3. The van der Waals surface area contributed by atoms with Crippen LogP contribution in [0.2, 0.25) is 0 Å². The highest BCUT2D eigenvalue weighted by atomic mass is 16.7. The number of unbranched alkanes of at least 4 members (excludes halogenated alkanes) is 7. The lowest BCUT2D eigenvalue weighted by Gasteiger charge is -2.60. The minimum Gasteiger partial charge on any atom is -0.323 e. The van der Waals surface area contributed by atoms with E-state index in [1.54, 1.807) is 0 Å². The van der Waals surface area contributed by atoms with Crippen LogP contribution in [0, 0.1) is 0 Å². The van der Waals surface area contributed by atoms with Crippen molar-refractivity contribution in [3.05, 3.63) is 0 Å². The SMILES string of the molecule is CCCCCON1C(C)(C)CCC(N)(CCCCCCC2(N)CCC(C)(C)N(OCCCCC)C2(C)C)C1(C)C. The van der Waals surface area contributed by atoms with Gasteiger partial charge in [0.05, 0.1) is 24.3 Å². The molecule has 2 unspecified atom stereocenters. The van der Waals surface area contributed by atoms with E-state index in [0.29, 0.717) is 0 Å². The predicted octanol–water partition coefficient (Wildman–Crippen LogP) is 8.27. The molecule has 0 aromatic rings. The lowest BCUT2D eigenvalue weighted by molar-refractivity contribution is -0.299. The maximum absolute atomic E-state index is 7.21. The first-order chi connectivity index (χ1) is 18.5. The fraction of sp³-hybridized carbons (Fsp3) is 1.00. The zero-order valence-electron chi connectivity index (χ0n) is 28.6. The van der Waals surface area contributed by atoms with Gasteiger partial charge >= 0.3 is 0 Å². The van der Waals surface area contributed by atoms with Gasteiger partial charge < -0.3 is 11.5 Å². The van der Waals surface area contributed by atoms with Crippen molar-refractivity contribution >= 4 is 0 Å². The van der Waals surface area contributed by atoms with Crippen molar-refractivity contribution in [2.45, 2.75) is 205 Å². The third-order valence-corrected chi connectivity index (χ3v) is 10.9. The third-order valence-electron chi connectivity index (χ3n) is 10.9. The van der Waals surface area contributed by atoms with Gasteiger partial charge in [-0.05, 0) is 107 Å². The first kappa shape index (κ1) is 36.0. The second kappa shape index (κ2) is 14.5. The molecule has 0 radical (unpaired) electrons. The normalized spacial score (nSPS) is 30.0. The van der Waals surface area contributed by atoms with Crippen LogP contribution in [0.25, 0.3) is 0 Å². The van der Waals surface area contributed by atoms with Crippen LogP contribution in [0.1, 0.15) is 172 Å². The lowest BCUT2D eigenvalue weighted by atomic mass is 9.66. The van der Waals surface area contributed by atoms with Crippen molar-refractivity contribution in [1.82, 2.24) is 10.1 Å². The van der Waals surface area contributed by atoms with Gasteiger partial charge in [-0.3, -0.25) is 9.68 Å². The molecule has 238 valence electrons. The van der Waals surface area contributed by atoms with Gasteiger partial charge in [0.2, 0.25) is 0 Å². The van der Waals surface area contributed by atoms with Crippen LogP contribution >= 0.6 is 0 Å². The van der Waals surface area contributed by atoms with Crippen LogP contribution in [-0.2, 0) is 9.68 Å². The smallest absolute Gasteiger partial charge is 0.0685 e. The van der Waals surface area contributed by atoms with Crippen molar-refractivity contribution in [2.24, 2.45) is 11.5 Å². The van der Waals surface area contributed by atoms with Crippen LogP contribution in [0.4, 0.5) is 0 Å². The van der Waals surface area contributed by atoms with Gasteiger partial charge in [-0.25, -0.2) is 0 Å². The minimum absolute atomic E-state index is 0.00297. The van der Waals surface area contributed by atoms with Gasteiger partial charge in [0, 0.05) is 22.2 Å². The van der Waals surface area contributed by atoms with Crippen molar-refractivity contribution in [3.63, 3.8) is 0 Å². The molecular formula is C34H70N4O2. The Morgan fingerprint density at radius 2 is 0.850 bits per heavy atom. The van der Waals surface area contributed by atoms with Crippen LogP contribution in [0.3, 0.4) is 0 Å². The molecule has 4 N–H and O–H groups in total. The van der Waals surface area contributed by atoms with Crippen LogP contribution < -0.4 is 11.5 Å². The Bertz CT molecular complexity index is 690. The summed E-state index contributed by atoms with van der Waals surface area (Å²) in [4.78, 5) is 12.9. The summed E-state index contributed by atoms with van der Waals surface area (Å²) in [5, 5.41) is 4.53. The Balaban J connectivity index is 1.89.